The van der Waals surface area contributed by atoms with Crippen molar-refractivity contribution < 1.29 is 14.6 Å². The highest BCUT2D eigenvalue weighted by Gasteiger charge is 2.30. The maximum atomic E-state index is 12.0. The van der Waals surface area contributed by atoms with Gasteiger partial charge in [-0.05, 0) is 57.0 Å². The molecule has 136 valence electrons. The standard InChI is InChI=1S/C20H20ClNO3S/c1-11-9-14-16(12-5-7-13(21)8-6-12)15(10-22-18(14)26-11)17(19(23)24)25-20(2,3)4/h5-10,17H,1-4H3,(H,23,24)/t17-/m1/s1. The van der Waals surface area contributed by atoms with E-state index in [1.54, 1.807) is 29.7 Å². The first-order valence-corrected chi connectivity index (χ1v) is 9.41. The van der Waals surface area contributed by atoms with Crippen LogP contribution >= 0.6 is 22.9 Å². The number of aliphatic carboxylic acids is 1. The highest BCUT2D eigenvalue weighted by Crippen LogP contribution is 2.40. The average molecular weight is 390 g/mol. The van der Waals surface area contributed by atoms with Crippen molar-refractivity contribution in [3.63, 3.8) is 0 Å². The van der Waals surface area contributed by atoms with Crippen LogP contribution in [0.15, 0.2) is 36.5 Å². The lowest BCUT2D eigenvalue weighted by atomic mass is 9.95. The van der Waals surface area contributed by atoms with Crippen LogP contribution in [0, 0.1) is 6.92 Å². The molecule has 0 unspecified atom stereocenters. The van der Waals surface area contributed by atoms with Gasteiger partial charge in [-0.2, -0.15) is 0 Å². The Balaban J connectivity index is 2.28. The molecule has 1 N–H and O–H groups in total. The van der Waals surface area contributed by atoms with E-state index in [2.05, 4.69) is 4.98 Å². The van der Waals surface area contributed by atoms with Crippen LogP contribution in [0.1, 0.15) is 37.3 Å². The van der Waals surface area contributed by atoms with E-state index in [-0.39, 0.29) is 0 Å². The predicted octanol–water partition coefficient (Wildman–Crippen LogP) is 5.87. The van der Waals surface area contributed by atoms with Gasteiger partial charge in [0.1, 0.15) is 4.83 Å². The summed E-state index contributed by atoms with van der Waals surface area (Å²) in [6, 6.07) is 9.42. The van der Waals surface area contributed by atoms with Crippen molar-refractivity contribution in [1.29, 1.82) is 0 Å². The monoisotopic (exact) mass is 389 g/mol. The average Bonchev–Trinajstić information content (AvgIpc) is 2.92. The van der Waals surface area contributed by atoms with Crippen LogP contribution in [-0.2, 0) is 9.53 Å². The number of rotatable bonds is 4. The first-order chi connectivity index (χ1) is 12.2. The summed E-state index contributed by atoms with van der Waals surface area (Å²) in [5, 5.41) is 11.4. The molecule has 0 aliphatic heterocycles. The van der Waals surface area contributed by atoms with Gasteiger partial charge in [0, 0.05) is 27.0 Å². The third kappa shape index (κ3) is 3.90. The molecule has 6 heteroatoms. The summed E-state index contributed by atoms with van der Waals surface area (Å²) in [4.78, 5) is 18.5. The maximum absolute atomic E-state index is 12.0. The van der Waals surface area contributed by atoms with E-state index in [0.717, 1.165) is 26.2 Å². The third-order valence-corrected chi connectivity index (χ3v) is 5.04. The van der Waals surface area contributed by atoms with Gasteiger partial charge >= 0.3 is 5.97 Å². The molecule has 0 saturated carbocycles. The molecule has 0 aliphatic carbocycles. The summed E-state index contributed by atoms with van der Waals surface area (Å²) < 4.78 is 5.86. The molecular formula is C20H20ClNO3S. The topological polar surface area (TPSA) is 59.4 Å². The minimum absolute atomic E-state index is 0.542. The van der Waals surface area contributed by atoms with Crippen molar-refractivity contribution >= 4 is 39.1 Å². The van der Waals surface area contributed by atoms with Gasteiger partial charge in [0.25, 0.3) is 0 Å². The van der Waals surface area contributed by atoms with Gasteiger partial charge in [0.05, 0.1) is 5.60 Å². The molecule has 1 atom stereocenters. The van der Waals surface area contributed by atoms with E-state index >= 15 is 0 Å². The Morgan fingerprint density at radius 2 is 1.92 bits per heavy atom. The van der Waals surface area contributed by atoms with E-state index < -0.39 is 17.7 Å². The number of aromatic nitrogens is 1. The van der Waals surface area contributed by atoms with Crippen LogP contribution in [0.5, 0.6) is 0 Å². The van der Waals surface area contributed by atoms with Gasteiger partial charge in [-0.3, -0.25) is 0 Å². The second kappa shape index (κ2) is 6.99. The molecule has 0 amide bonds. The smallest absolute Gasteiger partial charge is 0.337 e. The van der Waals surface area contributed by atoms with Gasteiger partial charge in [-0.1, -0.05) is 23.7 Å². The number of hydrogen-bond acceptors (Lipinski definition) is 4. The predicted molar refractivity (Wildman–Crippen MR) is 106 cm³/mol. The Bertz CT molecular complexity index is 958. The molecule has 0 radical (unpaired) electrons. The molecule has 4 nitrogen and oxygen atoms in total. The van der Waals surface area contributed by atoms with Crippen molar-refractivity contribution in [2.75, 3.05) is 0 Å². The van der Waals surface area contributed by atoms with E-state index in [1.807, 2.05) is 45.9 Å². The first-order valence-electron chi connectivity index (χ1n) is 8.21. The first kappa shape index (κ1) is 18.8. The molecule has 2 heterocycles. The number of halogens is 1. The molecule has 3 rings (SSSR count). The van der Waals surface area contributed by atoms with Gasteiger partial charge in [-0.25, -0.2) is 9.78 Å². The molecule has 2 aromatic heterocycles. The molecule has 1 aromatic carbocycles. The Hall–Kier alpha value is -1.95. The fourth-order valence-electron chi connectivity index (χ4n) is 2.86. The van der Waals surface area contributed by atoms with Crippen molar-refractivity contribution in [3.8, 4) is 11.1 Å². The van der Waals surface area contributed by atoms with Gasteiger partial charge in [0.2, 0.25) is 0 Å². The highest BCUT2D eigenvalue weighted by atomic mass is 35.5. The lowest BCUT2D eigenvalue weighted by Gasteiger charge is -2.26. The second-order valence-corrected chi connectivity index (χ2v) is 8.79. The molecule has 0 bridgehead atoms. The summed E-state index contributed by atoms with van der Waals surface area (Å²) in [6.07, 6.45) is 0.505. The Labute approximate surface area is 161 Å². The number of pyridine rings is 1. The van der Waals surface area contributed by atoms with Crippen molar-refractivity contribution in [3.05, 3.63) is 52.0 Å². The van der Waals surface area contributed by atoms with Crippen molar-refractivity contribution in [1.82, 2.24) is 4.98 Å². The largest absolute Gasteiger partial charge is 0.479 e. The summed E-state index contributed by atoms with van der Waals surface area (Å²) in [6.45, 7) is 7.53. The number of fused-ring (bicyclic) bond motifs is 1. The number of hydrogen-bond donors (Lipinski definition) is 1. The zero-order valence-electron chi connectivity index (χ0n) is 15.0. The molecule has 26 heavy (non-hydrogen) atoms. The lowest BCUT2D eigenvalue weighted by molar-refractivity contribution is -0.160. The quantitative estimate of drug-likeness (QED) is 0.606. The molecular weight excluding hydrogens is 370 g/mol. The number of thiophene rings is 1. The summed E-state index contributed by atoms with van der Waals surface area (Å²) in [5.41, 5.74) is 1.64. The second-order valence-electron chi connectivity index (χ2n) is 7.12. The zero-order chi connectivity index (χ0) is 19.1. The van der Waals surface area contributed by atoms with Crippen LogP contribution in [-0.4, -0.2) is 21.7 Å². The third-order valence-electron chi connectivity index (χ3n) is 3.83. The van der Waals surface area contributed by atoms with E-state index in [4.69, 9.17) is 16.3 Å². The van der Waals surface area contributed by atoms with Crippen LogP contribution in [0.3, 0.4) is 0 Å². The highest BCUT2D eigenvalue weighted by molar-refractivity contribution is 7.18. The number of aryl methyl sites for hydroxylation is 1. The van der Waals surface area contributed by atoms with Gasteiger partial charge in [-0.15, -0.1) is 11.3 Å². The van der Waals surface area contributed by atoms with Crippen LogP contribution in [0.4, 0.5) is 0 Å². The van der Waals surface area contributed by atoms with Crippen LogP contribution in [0.2, 0.25) is 5.02 Å². The maximum Gasteiger partial charge on any atom is 0.337 e. The summed E-state index contributed by atoms with van der Waals surface area (Å²) >= 11 is 7.61. The van der Waals surface area contributed by atoms with E-state index in [1.165, 1.54) is 0 Å². The Morgan fingerprint density at radius 1 is 1.27 bits per heavy atom. The molecule has 0 aliphatic rings. The number of nitrogens with zero attached hydrogens (tertiary/aromatic N) is 1. The van der Waals surface area contributed by atoms with Gasteiger partial charge < -0.3 is 9.84 Å². The van der Waals surface area contributed by atoms with E-state index in [0.29, 0.717) is 10.6 Å². The van der Waals surface area contributed by atoms with Crippen LogP contribution < -0.4 is 0 Å². The summed E-state index contributed by atoms with van der Waals surface area (Å²) in [7, 11) is 0. The van der Waals surface area contributed by atoms with Gasteiger partial charge in [0.15, 0.2) is 6.10 Å². The number of carbonyl (C=O) groups is 1. The molecule has 3 aromatic rings. The zero-order valence-corrected chi connectivity index (χ0v) is 16.6. The molecule has 0 spiro atoms. The number of benzene rings is 1. The minimum atomic E-state index is -1.11. The van der Waals surface area contributed by atoms with Crippen molar-refractivity contribution in [2.24, 2.45) is 0 Å². The Kier molecular flexibility index (Phi) is 5.06. The number of ether oxygens (including phenoxy) is 1. The Morgan fingerprint density at radius 3 is 2.50 bits per heavy atom. The fraction of sp³-hybridized carbons (Fsp3) is 0.300. The van der Waals surface area contributed by atoms with Crippen LogP contribution in [0.25, 0.3) is 21.3 Å². The lowest BCUT2D eigenvalue weighted by Crippen LogP contribution is -2.27. The minimum Gasteiger partial charge on any atom is -0.479 e. The molecule has 0 saturated heterocycles. The van der Waals surface area contributed by atoms with E-state index in [9.17, 15) is 9.90 Å². The van der Waals surface area contributed by atoms with Crippen molar-refractivity contribution in [2.45, 2.75) is 39.4 Å². The SMILES string of the molecule is Cc1cc2c(-c3ccc(Cl)cc3)c([C@@H](OC(C)(C)C)C(=O)O)cnc2s1. The molecule has 0 fully saturated rings. The number of carboxylic acids is 1. The number of carboxylic acid groups (broad SMARTS) is 1. The summed E-state index contributed by atoms with van der Waals surface area (Å²) in [5.74, 6) is -1.04. The fourth-order valence-corrected chi connectivity index (χ4v) is 3.85. The normalized spacial score (nSPS) is 13.1.